The molecule has 0 amide bonds. The van der Waals surface area contributed by atoms with E-state index in [1.54, 1.807) is 30.4 Å². The summed E-state index contributed by atoms with van der Waals surface area (Å²) in [5.74, 6) is -1.02. The summed E-state index contributed by atoms with van der Waals surface area (Å²) in [6, 6.07) is 18.5. The van der Waals surface area contributed by atoms with Crippen LogP contribution in [0.15, 0.2) is 76.0 Å². The summed E-state index contributed by atoms with van der Waals surface area (Å²) in [4.78, 5) is 34.2. The number of ether oxygens (including phenoxy) is 1. The second kappa shape index (κ2) is 11.9. The summed E-state index contributed by atoms with van der Waals surface area (Å²) < 4.78 is 23.5. The van der Waals surface area contributed by atoms with Crippen molar-refractivity contribution in [1.29, 1.82) is 5.26 Å². The molecule has 10 heteroatoms. The monoisotopic (exact) mass is 636 g/mol. The zero-order valence-corrected chi connectivity index (χ0v) is 27.0. The minimum absolute atomic E-state index is 0.136. The van der Waals surface area contributed by atoms with E-state index in [1.807, 2.05) is 70.2 Å². The number of thiophene rings is 1. The molecule has 0 fully saturated rings. The largest absolute Gasteiger partial charge is 0.463 e. The molecule has 226 valence electrons. The first kappa shape index (κ1) is 30.2. The quantitative estimate of drug-likeness (QED) is 0.213. The molecule has 0 unspecified atom stereocenters. The normalized spacial score (nSPS) is 14.7. The number of benzene rings is 2. The average molecular weight is 637 g/mol. The van der Waals surface area contributed by atoms with Gasteiger partial charge < -0.3 is 9.30 Å². The van der Waals surface area contributed by atoms with Gasteiger partial charge in [0.25, 0.3) is 5.56 Å². The summed E-state index contributed by atoms with van der Waals surface area (Å²) in [7, 11) is 0. The maximum atomic E-state index is 14.2. The third kappa shape index (κ3) is 5.18. The second-order valence-corrected chi connectivity index (χ2v) is 12.9. The maximum absolute atomic E-state index is 14.2. The lowest BCUT2D eigenvalue weighted by molar-refractivity contribution is -0.138. The topological polar surface area (TPSA) is 89.4 Å². The predicted octanol–water partition coefficient (Wildman–Crippen LogP) is 6.03. The summed E-state index contributed by atoms with van der Waals surface area (Å²) in [6.45, 7) is 9.76. The number of esters is 1. The Morgan fingerprint density at radius 2 is 1.80 bits per heavy atom. The lowest BCUT2D eigenvalue weighted by Gasteiger charge is -2.25. The van der Waals surface area contributed by atoms with E-state index in [0.29, 0.717) is 31.7 Å². The van der Waals surface area contributed by atoms with Crippen LogP contribution in [0, 0.1) is 44.8 Å². The molecule has 0 aliphatic carbocycles. The molecule has 1 atom stereocenters. The Morgan fingerprint density at radius 3 is 2.47 bits per heavy atom. The molecular formula is C35H29FN4O3S2. The molecule has 0 spiro atoms. The van der Waals surface area contributed by atoms with Crippen molar-refractivity contribution < 1.29 is 13.9 Å². The Bertz CT molecular complexity index is 2230. The van der Waals surface area contributed by atoms with Crippen LogP contribution in [-0.2, 0) is 9.53 Å². The van der Waals surface area contributed by atoms with E-state index >= 15 is 0 Å². The standard InChI is InChI=1S/C35H29FN4O3S2/c1-6-43-34(42)29-30(23-10-8-7-9-11-23)38-35-40(31(29)24-12-14-26(36)15-13-24)32(41)28(45-35)17-25-16-19(2)39(21(25)4)33-27(18-37)20(3)22(5)44-33/h7-17,31H,6H2,1-5H3/b28-17+/t31-/m0/s1. The summed E-state index contributed by atoms with van der Waals surface area (Å²) in [5.41, 5.74) is 5.80. The highest BCUT2D eigenvalue weighted by molar-refractivity contribution is 7.15. The smallest absolute Gasteiger partial charge is 0.338 e. The van der Waals surface area contributed by atoms with Crippen molar-refractivity contribution in [1.82, 2.24) is 9.13 Å². The molecule has 0 bridgehead atoms. The highest BCUT2D eigenvalue weighted by Gasteiger charge is 2.35. The minimum atomic E-state index is -0.888. The molecule has 3 aromatic heterocycles. The van der Waals surface area contributed by atoms with E-state index in [1.165, 1.54) is 28.0 Å². The Morgan fingerprint density at radius 1 is 1.09 bits per heavy atom. The van der Waals surface area contributed by atoms with Crippen molar-refractivity contribution in [2.75, 3.05) is 6.61 Å². The molecule has 45 heavy (non-hydrogen) atoms. The highest BCUT2D eigenvalue weighted by atomic mass is 32.1. The molecule has 0 saturated carbocycles. The molecule has 2 aromatic carbocycles. The number of thiazole rings is 1. The fourth-order valence-electron chi connectivity index (χ4n) is 5.69. The molecule has 0 radical (unpaired) electrons. The number of aryl methyl sites for hydroxylation is 2. The fraction of sp³-hybridized carbons (Fsp3) is 0.200. The summed E-state index contributed by atoms with van der Waals surface area (Å²) in [5, 5.41) is 10.7. The van der Waals surface area contributed by atoms with Crippen LogP contribution in [0.4, 0.5) is 4.39 Å². The van der Waals surface area contributed by atoms with Crippen molar-refractivity contribution in [3.8, 4) is 11.1 Å². The van der Waals surface area contributed by atoms with Gasteiger partial charge in [-0.05, 0) is 75.6 Å². The van der Waals surface area contributed by atoms with E-state index in [-0.39, 0.29) is 17.7 Å². The van der Waals surface area contributed by atoms with Gasteiger partial charge in [0.1, 0.15) is 16.9 Å². The SMILES string of the molecule is CCOC(=O)C1=C(c2ccccc2)N=c2s/c(=C/c3cc(C)n(-c4sc(C)c(C)c4C#N)c3C)c(=O)n2[C@H]1c1ccc(F)cc1. The molecule has 5 aromatic rings. The molecule has 4 heterocycles. The van der Waals surface area contributed by atoms with Gasteiger partial charge in [-0.1, -0.05) is 53.8 Å². The second-order valence-electron chi connectivity index (χ2n) is 10.7. The number of halogens is 1. The molecule has 6 rings (SSSR count). The molecule has 1 aliphatic heterocycles. The lowest BCUT2D eigenvalue weighted by Crippen LogP contribution is -2.40. The van der Waals surface area contributed by atoms with Gasteiger partial charge in [0.2, 0.25) is 0 Å². The summed E-state index contributed by atoms with van der Waals surface area (Å²) in [6.07, 6.45) is 1.83. The van der Waals surface area contributed by atoms with Crippen molar-refractivity contribution in [3.63, 3.8) is 0 Å². The summed E-state index contributed by atoms with van der Waals surface area (Å²) >= 11 is 2.79. The number of nitriles is 1. The molecular weight excluding hydrogens is 608 g/mol. The van der Waals surface area contributed by atoms with Gasteiger partial charge in [0, 0.05) is 21.8 Å². The van der Waals surface area contributed by atoms with Crippen LogP contribution in [0.2, 0.25) is 0 Å². The first-order valence-corrected chi connectivity index (χ1v) is 16.0. The van der Waals surface area contributed by atoms with Crippen molar-refractivity contribution in [3.05, 3.63) is 136 Å². The van der Waals surface area contributed by atoms with Crippen molar-refractivity contribution >= 4 is 40.4 Å². The number of aromatic nitrogens is 2. The van der Waals surface area contributed by atoms with Crippen molar-refractivity contribution in [2.45, 2.75) is 40.7 Å². The van der Waals surface area contributed by atoms with Gasteiger partial charge in [-0.25, -0.2) is 14.2 Å². The van der Waals surface area contributed by atoms with Crippen LogP contribution in [0.3, 0.4) is 0 Å². The van der Waals surface area contributed by atoms with Gasteiger partial charge in [-0.2, -0.15) is 5.26 Å². The van der Waals surface area contributed by atoms with E-state index < -0.39 is 17.8 Å². The van der Waals surface area contributed by atoms with Gasteiger partial charge in [0.15, 0.2) is 4.80 Å². The molecule has 7 nitrogen and oxygen atoms in total. The third-order valence-corrected chi connectivity index (χ3v) is 10.2. The molecule has 1 aliphatic rings. The van der Waals surface area contributed by atoms with Gasteiger partial charge in [-0.15, -0.1) is 11.3 Å². The van der Waals surface area contributed by atoms with Crippen LogP contribution in [0.1, 0.15) is 57.0 Å². The first-order valence-electron chi connectivity index (χ1n) is 14.4. The van der Waals surface area contributed by atoms with Crippen LogP contribution in [0.25, 0.3) is 16.8 Å². The predicted molar refractivity (Wildman–Crippen MR) is 175 cm³/mol. The van der Waals surface area contributed by atoms with Crippen molar-refractivity contribution in [2.24, 2.45) is 4.99 Å². The number of hydrogen-bond donors (Lipinski definition) is 0. The number of rotatable bonds is 6. The average Bonchev–Trinajstić information content (AvgIpc) is 3.61. The number of nitrogens with zero attached hydrogens (tertiary/aromatic N) is 4. The van der Waals surface area contributed by atoms with E-state index in [4.69, 9.17) is 9.73 Å². The third-order valence-electron chi connectivity index (χ3n) is 8.00. The maximum Gasteiger partial charge on any atom is 0.338 e. The Labute approximate surface area is 267 Å². The number of fused-ring (bicyclic) bond motifs is 1. The van der Waals surface area contributed by atoms with Gasteiger partial charge >= 0.3 is 5.97 Å². The van der Waals surface area contributed by atoms with Crippen LogP contribution in [-0.4, -0.2) is 21.7 Å². The van der Waals surface area contributed by atoms with Gasteiger partial charge in [0.05, 0.1) is 34.0 Å². The zero-order valence-electron chi connectivity index (χ0n) is 25.3. The van der Waals surface area contributed by atoms with E-state index in [0.717, 1.165) is 32.4 Å². The Hall–Kier alpha value is -4.85. The Balaban J connectivity index is 1.60. The van der Waals surface area contributed by atoms with Crippen LogP contribution in [0.5, 0.6) is 0 Å². The molecule has 0 saturated heterocycles. The number of carbonyl (C=O) groups excluding carboxylic acids is 1. The van der Waals surface area contributed by atoms with E-state index in [2.05, 4.69) is 10.6 Å². The van der Waals surface area contributed by atoms with Crippen LogP contribution >= 0.6 is 22.7 Å². The first-order chi connectivity index (χ1) is 21.6. The zero-order chi connectivity index (χ0) is 32.0. The highest BCUT2D eigenvalue weighted by Crippen LogP contribution is 2.36. The molecule has 0 N–H and O–H groups in total. The van der Waals surface area contributed by atoms with Gasteiger partial charge in [-0.3, -0.25) is 9.36 Å². The number of carbonyl (C=O) groups is 1. The minimum Gasteiger partial charge on any atom is -0.463 e. The number of hydrogen-bond acceptors (Lipinski definition) is 7. The van der Waals surface area contributed by atoms with Crippen LogP contribution < -0.4 is 14.9 Å². The van der Waals surface area contributed by atoms with E-state index in [9.17, 15) is 19.2 Å². The fourth-order valence-corrected chi connectivity index (χ4v) is 7.90. The Kier molecular flexibility index (Phi) is 7.99. The lowest BCUT2D eigenvalue weighted by atomic mass is 9.93.